The highest BCUT2D eigenvalue weighted by molar-refractivity contribution is 4.68. The van der Waals surface area contributed by atoms with Gasteiger partial charge in [-0.3, -0.25) is 0 Å². The van der Waals surface area contributed by atoms with Gasteiger partial charge in [-0.05, 0) is 26.7 Å². The fourth-order valence-electron chi connectivity index (χ4n) is 3.29. The molecular weight excluding hydrogens is 416 g/mol. The number of hydrogen-bond donors (Lipinski definition) is 2. The number of ether oxygens (including phenoxy) is 2. The highest BCUT2D eigenvalue weighted by Crippen LogP contribution is 2.18. The SMILES string of the molecule is C/C=C/C.CC.CCCCCCCCCCCCCCCCO.CO[C@H]1CC[C@@H](CO)O1.O. The Bertz CT molecular complexity index is 295. The van der Waals surface area contributed by atoms with Crippen molar-refractivity contribution in [3.05, 3.63) is 12.2 Å². The molecular formula is C28H62O5. The number of aliphatic hydroxyl groups excluding tert-OH is 2. The topological polar surface area (TPSA) is 90.4 Å². The van der Waals surface area contributed by atoms with Gasteiger partial charge in [0.15, 0.2) is 6.29 Å². The van der Waals surface area contributed by atoms with Gasteiger partial charge in [-0.2, -0.15) is 0 Å². The summed E-state index contributed by atoms with van der Waals surface area (Å²) in [5, 5.41) is 17.2. The molecule has 0 spiro atoms. The average Bonchev–Trinajstić information content (AvgIpc) is 3.32. The largest absolute Gasteiger partial charge is 0.412 e. The zero-order chi connectivity index (χ0) is 24.7. The molecule has 0 radical (unpaired) electrons. The first-order valence-electron chi connectivity index (χ1n) is 13.7. The summed E-state index contributed by atoms with van der Waals surface area (Å²) in [6.07, 6.45) is 24.9. The van der Waals surface area contributed by atoms with Gasteiger partial charge in [0, 0.05) is 20.1 Å². The molecule has 0 aliphatic carbocycles. The average molecular weight is 479 g/mol. The van der Waals surface area contributed by atoms with E-state index in [1.807, 2.05) is 39.8 Å². The summed E-state index contributed by atoms with van der Waals surface area (Å²) in [4.78, 5) is 0. The number of hydrogen-bond acceptors (Lipinski definition) is 4. The minimum atomic E-state index is -0.0813. The third-order valence-electron chi connectivity index (χ3n) is 5.38. The Morgan fingerprint density at radius 2 is 1.12 bits per heavy atom. The van der Waals surface area contributed by atoms with Crippen molar-refractivity contribution in [1.29, 1.82) is 0 Å². The van der Waals surface area contributed by atoms with Gasteiger partial charge in [0.05, 0.1) is 12.7 Å². The van der Waals surface area contributed by atoms with Crippen LogP contribution in [0.2, 0.25) is 0 Å². The quantitative estimate of drug-likeness (QED) is 0.179. The summed E-state index contributed by atoms with van der Waals surface area (Å²) in [6, 6.07) is 0. The van der Waals surface area contributed by atoms with E-state index >= 15 is 0 Å². The van der Waals surface area contributed by atoms with Crippen LogP contribution in [-0.4, -0.2) is 48.4 Å². The maximum Gasteiger partial charge on any atom is 0.157 e. The molecule has 0 aromatic rings. The molecule has 0 aromatic carbocycles. The van der Waals surface area contributed by atoms with Crippen LogP contribution in [0.5, 0.6) is 0 Å². The molecule has 4 N–H and O–H groups in total. The van der Waals surface area contributed by atoms with Crippen LogP contribution < -0.4 is 0 Å². The molecule has 5 heteroatoms. The van der Waals surface area contributed by atoms with E-state index in [1.54, 1.807) is 7.11 Å². The molecule has 1 rings (SSSR count). The van der Waals surface area contributed by atoms with Gasteiger partial charge in [0.25, 0.3) is 0 Å². The van der Waals surface area contributed by atoms with Crippen LogP contribution in [0.25, 0.3) is 0 Å². The Hall–Kier alpha value is -0.460. The summed E-state index contributed by atoms with van der Waals surface area (Å²) >= 11 is 0. The molecule has 1 aliphatic heterocycles. The van der Waals surface area contributed by atoms with E-state index in [2.05, 4.69) is 6.92 Å². The first-order valence-corrected chi connectivity index (χ1v) is 13.7. The monoisotopic (exact) mass is 478 g/mol. The molecule has 0 aromatic heterocycles. The van der Waals surface area contributed by atoms with Crippen molar-refractivity contribution < 1.29 is 25.2 Å². The zero-order valence-electron chi connectivity index (χ0n) is 23.2. The van der Waals surface area contributed by atoms with Gasteiger partial charge in [0.1, 0.15) is 0 Å². The smallest absolute Gasteiger partial charge is 0.157 e. The van der Waals surface area contributed by atoms with E-state index in [0.717, 1.165) is 19.3 Å². The van der Waals surface area contributed by atoms with Gasteiger partial charge < -0.3 is 25.2 Å². The lowest BCUT2D eigenvalue weighted by atomic mass is 10.0. The first-order chi connectivity index (χ1) is 15.7. The van der Waals surface area contributed by atoms with Crippen LogP contribution >= 0.6 is 0 Å². The molecule has 1 fully saturated rings. The molecule has 0 bridgehead atoms. The predicted octanol–water partition coefficient (Wildman–Crippen LogP) is 7.37. The Morgan fingerprint density at radius 3 is 1.36 bits per heavy atom. The fraction of sp³-hybridized carbons (Fsp3) is 0.929. The van der Waals surface area contributed by atoms with Crippen molar-refractivity contribution in [2.45, 2.75) is 150 Å². The normalized spacial score (nSPS) is 16.6. The highest BCUT2D eigenvalue weighted by Gasteiger charge is 2.23. The maximum absolute atomic E-state index is 8.64. The third-order valence-corrected chi connectivity index (χ3v) is 5.38. The third kappa shape index (κ3) is 36.3. The minimum absolute atomic E-state index is 0. The van der Waals surface area contributed by atoms with Crippen molar-refractivity contribution in [3.63, 3.8) is 0 Å². The van der Waals surface area contributed by atoms with Gasteiger partial charge in [-0.1, -0.05) is 116 Å². The van der Waals surface area contributed by atoms with Crippen LogP contribution in [0.1, 0.15) is 137 Å². The van der Waals surface area contributed by atoms with Gasteiger partial charge >= 0.3 is 0 Å². The Morgan fingerprint density at radius 1 is 0.727 bits per heavy atom. The van der Waals surface area contributed by atoms with Crippen molar-refractivity contribution in [2.24, 2.45) is 0 Å². The highest BCUT2D eigenvalue weighted by atomic mass is 16.7. The molecule has 2 atom stereocenters. The molecule has 5 nitrogen and oxygen atoms in total. The number of methoxy groups -OCH3 is 1. The Kier molecular flexibility index (Phi) is 46.7. The maximum atomic E-state index is 8.64. The lowest BCUT2D eigenvalue weighted by molar-refractivity contribution is -0.122. The molecule has 1 aliphatic rings. The standard InChI is InChI=1S/C16H34O.C6H12O3.C4H8.C2H6.H2O/c1-2-3-4-5-6-7-8-9-10-11-12-13-14-15-16-17;1-8-6-3-2-5(4-7)9-6;1-3-4-2;1-2;/h17H,2-16H2,1H3;5-7H,2-4H2,1H3;3-4H,1-2H3;1-2H3;1H2/b;;4-3+;;/t;5-,6+;;;/m.0.../s1. The van der Waals surface area contributed by atoms with Crippen LogP contribution in [0, 0.1) is 0 Å². The van der Waals surface area contributed by atoms with Crippen LogP contribution in [0.3, 0.4) is 0 Å². The summed E-state index contributed by atoms with van der Waals surface area (Å²) < 4.78 is 10.1. The molecule has 204 valence electrons. The van der Waals surface area contributed by atoms with E-state index in [-0.39, 0.29) is 24.5 Å². The molecule has 33 heavy (non-hydrogen) atoms. The number of aliphatic hydroxyl groups is 2. The van der Waals surface area contributed by atoms with Crippen molar-refractivity contribution >= 4 is 0 Å². The lowest BCUT2D eigenvalue weighted by Gasteiger charge is -2.08. The van der Waals surface area contributed by atoms with Gasteiger partial charge in [-0.25, -0.2) is 0 Å². The van der Waals surface area contributed by atoms with E-state index in [4.69, 9.17) is 19.7 Å². The number of allylic oxidation sites excluding steroid dienone is 2. The van der Waals surface area contributed by atoms with E-state index in [0.29, 0.717) is 6.61 Å². The Labute approximate surface area is 207 Å². The van der Waals surface area contributed by atoms with Gasteiger partial charge in [-0.15, -0.1) is 0 Å². The molecule has 0 amide bonds. The molecule has 1 heterocycles. The summed E-state index contributed by atoms with van der Waals surface area (Å²) in [5.74, 6) is 0. The fourth-order valence-corrected chi connectivity index (χ4v) is 3.29. The molecule has 0 saturated carbocycles. The predicted molar refractivity (Wildman–Crippen MR) is 145 cm³/mol. The second-order valence-electron chi connectivity index (χ2n) is 8.17. The lowest BCUT2D eigenvalue weighted by Crippen LogP contribution is -2.15. The first kappa shape index (κ1) is 39.7. The second-order valence-corrected chi connectivity index (χ2v) is 8.17. The van der Waals surface area contributed by atoms with Crippen LogP contribution in [-0.2, 0) is 9.47 Å². The molecule has 0 unspecified atom stereocenters. The summed E-state index contributed by atoms with van der Waals surface area (Å²) in [5.41, 5.74) is 0. The Balaban J connectivity index is -0.000000219. The minimum Gasteiger partial charge on any atom is -0.412 e. The second kappa shape index (κ2) is 38.8. The molecule has 1 saturated heterocycles. The van der Waals surface area contributed by atoms with Gasteiger partial charge in [0.2, 0.25) is 0 Å². The van der Waals surface area contributed by atoms with E-state index in [1.165, 1.54) is 83.5 Å². The van der Waals surface area contributed by atoms with Crippen LogP contribution in [0.15, 0.2) is 12.2 Å². The van der Waals surface area contributed by atoms with Crippen molar-refractivity contribution in [1.82, 2.24) is 0 Å². The summed E-state index contributed by atoms with van der Waals surface area (Å²) in [6.45, 7) is 10.8. The van der Waals surface area contributed by atoms with E-state index in [9.17, 15) is 0 Å². The van der Waals surface area contributed by atoms with E-state index < -0.39 is 0 Å². The van der Waals surface area contributed by atoms with Crippen molar-refractivity contribution in [3.8, 4) is 0 Å². The van der Waals surface area contributed by atoms with Crippen molar-refractivity contribution in [2.75, 3.05) is 20.3 Å². The van der Waals surface area contributed by atoms with Crippen LogP contribution in [0.4, 0.5) is 0 Å². The number of unbranched alkanes of at least 4 members (excludes halogenated alkanes) is 13. The number of rotatable bonds is 16. The summed E-state index contributed by atoms with van der Waals surface area (Å²) in [7, 11) is 1.62. The zero-order valence-corrected chi connectivity index (χ0v) is 23.2.